The quantitative estimate of drug-likeness (QED) is 0.616. The number of hydrogen-bond acceptors (Lipinski definition) is 5. The van der Waals surface area contributed by atoms with Crippen molar-refractivity contribution in [2.24, 2.45) is 0 Å². The predicted molar refractivity (Wildman–Crippen MR) is 98.3 cm³/mol. The standard InChI is InChI=1S/C19H20N2O6/c1-11-5-13(6-12(2)17(11)27-4)10-20(3)18(22)14-7-15(19(23)24)9-16(8-14)21(25)26/h5-9H,10H2,1-4H3,(H,23,24). The van der Waals surface area contributed by atoms with Crippen molar-refractivity contribution in [2.75, 3.05) is 14.2 Å². The van der Waals surface area contributed by atoms with E-state index in [0.717, 1.165) is 40.6 Å². The second-order valence-corrected chi connectivity index (χ2v) is 6.25. The summed E-state index contributed by atoms with van der Waals surface area (Å²) in [4.78, 5) is 35.5. The molecule has 2 rings (SSSR count). The number of non-ortho nitro benzene ring substituents is 1. The summed E-state index contributed by atoms with van der Waals surface area (Å²) in [5.74, 6) is -1.07. The molecular weight excluding hydrogens is 352 g/mol. The number of carboxylic acids is 1. The molecule has 0 spiro atoms. The Morgan fingerprint density at radius 1 is 1.11 bits per heavy atom. The fourth-order valence-corrected chi connectivity index (χ4v) is 2.98. The molecule has 0 aliphatic carbocycles. The first-order valence-corrected chi connectivity index (χ1v) is 8.06. The van der Waals surface area contributed by atoms with Gasteiger partial charge in [0.05, 0.1) is 17.6 Å². The predicted octanol–water partition coefficient (Wildman–Crippen LogP) is 3.19. The van der Waals surface area contributed by atoms with Gasteiger partial charge in [0.25, 0.3) is 11.6 Å². The molecule has 0 saturated heterocycles. The number of hydrogen-bond donors (Lipinski definition) is 1. The van der Waals surface area contributed by atoms with Crippen LogP contribution < -0.4 is 4.74 Å². The minimum absolute atomic E-state index is 0.0499. The summed E-state index contributed by atoms with van der Waals surface area (Å²) < 4.78 is 5.32. The highest BCUT2D eigenvalue weighted by Gasteiger charge is 2.20. The van der Waals surface area contributed by atoms with Crippen molar-refractivity contribution in [1.82, 2.24) is 4.90 Å². The van der Waals surface area contributed by atoms with Gasteiger partial charge in [-0.2, -0.15) is 0 Å². The van der Waals surface area contributed by atoms with Crippen LogP contribution in [0.15, 0.2) is 30.3 Å². The molecule has 0 aromatic heterocycles. The third kappa shape index (κ3) is 4.41. The molecule has 0 aliphatic heterocycles. The van der Waals surface area contributed by atoms with Gasteiger partial charge in [0.15, 0.2) is 0 Å². The van der Waals surface area contributed by atoms with Crippen LogP contribution in [0.3, 0.4) is 0 Å². The Labute approximate surface area is 156 Å². The number of carbonyl (C=O) groups is 2. The van der Waals surface area contributed by atoms with Crippen molar-refractivity contribution in [1.29, 1.82) is 0 Å². The van der Waals surface area contributed by atoms with Gasteiger partial charge < -0.3 is 14.7 Å². The number of nitrogens with zero attached hydrogens (tertiary/aromatic N) is 2. The highest BCUT2D eigenvalue weighted by molar-refractivity contribution is 5.98. The van der Waals surface area contributed by atoms with Crippen LogP contribution in [0.1, 0.15) is 37.4 Å². The van der Waals surface area contributed by atoms with Gasteiger partial charge in [-0.15, -0.1) is 0 Å². The van der Waals surface area contributed by atoms with Crippen molar-refractivity contribution < 1.29 is 24.4 Å². The molecule has 142 valence electrons. The number of amides is 1. The van der Waals surface area contributed by atoms with Gasteiger partial charge in [-0.3, -0.25) is 14.9 Å². The Hall–Kier alpha value is -3.42. The van der Waals surface area contributed by atoms with E-state index < -0.39 is 22.5 Å². The number of benzene rings is 2. The van der Waals surface area contributed by atoms with Crippen LogP contribution in [0.5, 0.6) is 5.75 Å². The highest BCUT2D eigenvalue weighted by Crippen LogP contribution is 2.25. The monoisotopic (exact) mass is 372 g/mol. The maximum absolute atomic E-state index is 12.7. The van der Waals surface area contributed by atoms with Gasteiger partial charge in [-0.05, 0) is 36.6 Å². The average molecular weight is 372 g/mol. The summed E-state index contributed by atoms with van der Waals surface area (Å²) in [5.41, 5.74) is 1.92. The molecule has 8 nitrogen and oxygen atoms in total. The van der Waals surface area contributed by atoms with Crippen molar-refractivity contribution in [2.45, 2.75) is 20.4 Å². The lowest BCUT2D eigenvalue weighted by atomic mass is 10.0. The minimum Gasteiger partial charge on any atom is -0.496 e. The number of carboxylic acid groups (broad SMARTS) is 1. The number of aryl methyl sites for hydroxylation is 2. The van der Waals surface area contributed by atoms with Crippen molar-refractivity contribution in [3.8, 4) is 5.75 Å². The van der Waals surface area contributed by atoms with Crippen LogP contribution in [0, 0.1) is 24.0 Å². The van der Waals surface area contributed by atoms with Crippen LogP contribution in [-0.2, 0) is 6.54 Å². The molecule has 1 amide bonds. The first-order chi connectivity index (χ1) is 12.6. The van der Waals surface area contributed by atoms with Crippen LogP contribution in [0.4, 0.5) is 5.69 Å². The van der Waals surface area contributed by atoms with E-state index in [2.05, 4.69) is 0 Å². The molecule has 0 unspecified atom stereocenters. The molecule has 0 aliphatic rings. The Kier molecular flexibility index (Phi) is 5.79. The summed E-state index contributed by atoms with van der Waals surface area (Å²) in [6, 6.07) is 6.93. The van der Waals surface area contributed by atoms with Crippen LogP contribution in [-0.4, -0.2) is 41.0 Å². The Bertz CT molecular complexity index is 867. The van der Waals surface area contributed by atoms with Gasteiger partial charge in [-0.25, -0.2) is 4.79 Å². The molecule has 0 atom stereocenters. The molecular formula is C19H20N2O6. The molecule has 0 bridgehead atoms. The molecule has 0 heterocycles. The lowest BCUT2D eigenvalue weighted by Crippen LogP contribution is -2.26. The number of carbonyl (C=O) groups excluding carboxylic acids is 1. The topological polar surface area (TPSA) is 110 Å². The molecule has 0 saturated carbocycles. The largest absolute Gasteiger partial charge is 0.496 e. The number of rotatable bonds is 6. The molecule has 27 heavy (non-hydrogen) atoms. The van der Waals surface area contributed by atoms with E-state index in [4.69, 9.17) is 9.84 Å². The second kappa shape index (κ2) is 7.86. The molecule has 0 radical (unpaired) electrons. The molecule has 2 aromatic carbocycles. The van der Waals surface area contributed by atoms with E-state index in [1.54, 1.807) is 14.2 Å². The second-order valence-electron chi connectivity index (χ2n) is 6.25. The first-order valence-electron chi connectivity index (χ1n) is 8.06. The fourth-order valence-electron chi connectivity index (χ4n) is 2.98. The summed E-state index contributed by atoms with van der Waals surface area (Å²) >= 11 is 0. The highest BCUT2D eigenvalue weighted by atomic mass is 16.6. The number of methoxy groups -OCH3 is 1. The van der Waals surface area contributed by atoms with E-state index in [9.17, 15) is 19.7 Å². The Morgan fingerprint density at radius 3 is 2.15 bits per heavy atom. The van der Waals surface area contributed by atoms with Crippen molar-refractivity contribution in [3.63, 3.8) is 0 Å². The Morgan fingerprint density at radius 2 is 1.67 bits per heavy atom. The lowest BCUT2D eigenvalue weighted by molar-refractivity contribution is -0.384. The van der Waals surface area contributed by atoms with E-state index in [1.165, 1.54) is 4.90 Å². The Balaban J connectivity index is 2.32. The summed E-state index contributed by atoms with van der Waals surface area (Å²) in [5, 5.41) is 20.1. The maximum atomic E-state index is 12.7. The van der Waals surface area contributed by atoms with E-state index in [1.807, 2.05) is 26.0 Å². The maximum Gasteiger partial charge on any atom is 0.335 e. The lowest BCUT2D eigenvalue weighted by Gasteiger charge is -2.19. The van der Waals surface area contributed by atoms with Crippen molar-refractivity contribution >= 4 is 17.6 Å². The van der Waals surface area contributed by atoms with E-state index >= 15 is 0 Å². The number of nitro groups is 1. The van der Waals surface area contributed by atoms with Crippen molar-refractivity contribution in [3.05, 3.63) is 68.3 Å². The van der Waals surface area contributed by atoms with E-state index in [-0.39, 0.29) is 17.7 Å². The van der Waals surface area contributed by atoms with Gasteiger partial charge in [0, 0.05) is 31.3 Å². The third-order valence-electron chi connectivity index (χ3n) is 4.11. The van der Waals surface area contributed by atoms with Crippen LogP contribution in [0.2, 0.25) is 0 Å². The number of ether oxygens (including phenoxy) is 1. The third-order valence-corrected chi connectivity index (χ3v) is 4.11. The summed E-state index contributed by atoms with van der Waals surface area (Å²) in [6.45, 7) is 4.06. The fraction of sp³-hybridized carbons (Fsp3) is 0.263. The normalized spacial score (nSPS) is 10.4. The molecule has 0 fully saturated rings. The zero-order valence-electron chi connectivity index (χ0n) is 15.5. The summed E-state index contributed by atoms with van der Waals surface area (Å²) in [7, 11) is 3.14. The zero-order chi connectivity index (χ0) is 20.3. The SMILES string of the molecule is COc1c(C)cc(CN(C)C(=O)c2cc(C(=O)O)cc([N+](=O)[O-])c2)cc1C. The number of nitro benzene ring substituents is 1. The van der Waals surface area contributed by atoms with E-state index in [0.29, 0.717) is 0 Å². The van der Waals surface area contributed by atoms with Gasteiger partial charge in [0.2, 0.25) is 0 Å². The first kappa shape index (κ1) is 19.9. The summed E-state index contributed by atoms with van der Waals surface area (Å²) in [6.07, 6.45) is 0. The average Bonchev–Trinajstić information content (AvgIpc) is 2.60. The smallest absolute Gasteiger partial charge is 0.335 e. The number of aromatic carboxylic acids is 1. The van der Waals surface area contributed by atoms with Gasteiger partial charge in [0.1, 0.15) is 5.75 Å². The van der Waals surface area contributed by atoms with Gasteiger partial charge in [-0.1, -0.05) is 12.1 Å². The van der Waals surface area contributed by atoms with Gasteiger partial charge >= 0.3 is 5.97 Å². The van der Waals surface area contributed by atoms with Crippen LogP contribution in [0.25, 0.3) is 0 Å². The molecule has 8 heteroatoms. The molecule has 1 N–H and O–H groups in total. The van der Waals surface area contributed by atoms with Crippen LogP contribution >= 0.6 is 0 Å². The minimum atomic E-state index is -1.34. The zero-order valence-corrected chi connectivity index (χ0v) is 15.5. The molecule has 2 aromatic rings.